The second-order valence-electron chi connectivity index (χ2n) is 2.34. The Bertz CT molecular complexity index is 140. The molecule has 0 saturated heterocycles. The molecular weight excluding hydrogens is 265 g/mol. The summed E-state index contributed by atoms with van der Waals surface area (Å²) in [4.78, 5) is 0. The molecule has 0 aromatic rings. The Labute approximate surface area is 97.7 Å². The minimum atomic E-state index is -3.05. The van der Waals surface area contributed by atoms with Crippen LogP contribution in [0.15, 0.2) is 0 Å². The first-order valence-electron chi connectivity index (χ1n) is 3.73. The van der Waals surface area contributed by atoms with Gasteiger partial charge < -0.3 is 33.6 Å². The molecule has 0 radical (unpaired) electrons. The van der Waals surface area contributed by atoms with E-state index in [4.69, 9.17) is 4.52 Å². The molecule has 6 heteroatoms. The van der Waals surface area contributed by atoms with Crippen molar-refractivity contribution in [1.29, 1.82) is 0 Å². The molecule has 0 amide bonds. The molecule has 12 heavy (non-hydrogen) atoms. The summed E-state index contributed by atoms with van der Waals surface area (Å²) in [5.74, 6) is -3.05. The summed E-state index contributed by atoms with van der Waals surface area (Å²) < 4.78 is 15.4. The summed E-state index contributed by atoms with van der Waals surface area (Å²) in [5.41, 5.74) is 0. The van der Waals surface area contributed by atoms with Crippen molar-refractivity contribution < 1.29 is 28.6 Å². The van der Waals surface area contributed by atoms with Gasteiger partial charge in [-0.2, -0.15) is 0 Å². The van der Waals surface area contributed by atoms with Crippen molar-refractivity contribution in [3.63, 3.8) is 0 Å². The third kappa shape index (κ3) is 14.1. The van der Waals surface area contributed by atoms with Crippen LogP contribution in [-0.4, -0.2) is 6.61 Å². The van der Waals surface area contributed by atoms with Gasteiger partial charge in [-0.3, -0.25) is 0 Å². The van der Waals surface area contributed by atoms with E-state index in [1.54, 1.807) is 0 Å². The fourth-order valence-corrected chi connectivity index (χ4v) is 1.51. The molecule has 0 aliphatic carbocycles. The molecule has 0 unspecified atom stereocenters. The van der Waals surface area contributed by atoms with Crippen LogP contribution in [0, 0.1) is 0 Å². The van der Waals surface area contributed by atoms with E-state index in [-0.39, 0.29) is 19.5 Å². The van der Waals surface area contributed by atoms with Crippen LogP contribution in [0.3, 0.4) is 0 Å². The standard InChI is InChI=1S/C6H15O2PS2.Zn/c1-2-3-4-5-6-8-9(7,10)11;/h2-6H2,1H3,(H2,7,10,11);/q;+2/p-2. The fourth-order valence-electron chi connectivity index (χ4n) is 0.705. The Morgan fingerprint density at radius 3 is 2.25 bits per heavy atom. The van der Waals surface area contributed by atoms with Gasteiger partial charge in [-0.25, -0.2) is 0 Å². The largest absolute Gasteiger partial charge is 2.00 e. The molecule has 0 aromatic heterocycles. The maximum absolute atomic E-state index is 10.7. The summed E-state index contributed by atoms with van der Waals surface area (Å²) in [7, 11) is 0. The molecule has 0 spiro atoms. The average Bonchev–Trinajstić information content (AvgIpc) is 1.85. The van der Waals surface area contributed by atoms with Crippen LogP contribution in [0.5, 0.6) is 0 Å². The normalized spacial score (nSPS) is 10.9. The van der Waals surface area contributed by atoms with Crippen molar-refractivity contribution in [1.82, 2.24) is 0 Å². The van der Waals surface area contributed by atoms with Crippen LogP contribution in [0.4, 0.5) is 0 Å². The first kappa shape index (κ1) is 16.0. The van der Waals surface area contributed by atoms with Gasteiger partial charge in [0.05, 0.1) is 0 Å². The van der Waals surface area contributed by atoms with E-state index in [1.807, 2.05) is 0 Å². The first-order valence-corrected chi connectivity index (χ1v) is 7.38. The molecule has 0 aliphatic rings. The number of hydrogen-bond acceptors (Lipinski definition) is 4. The van der Waals surface area contributed by atoms with Crippen LogP contribution >= 0.6 is 5.77 Å². The molecule has 0 bridgehead atoms. The van der Waals surface area contributed by atoms with E-state index in [9.17, 15) is 4.57 Å². The van der Waals surface area contributed by atoms with E-state index in [1.165, 1.54) is 12.8 Å². The predicted octanol–water partition coefficient (Wildman–Crippen LogP) is 2.78. The monoisotopic (exact) mass is 276 g/mol. The van der Waals surface area contributed by atoms with E-state index in [0.717, 1.165) is 12.8 Å². The van der Waals surface area contributed by atoms with Gasteiger partial charge in [-0.15, -0.1) is 0 Å². The Morgan fingerprint density at radius 2 is 1.83 bits per heavy atom. The van der Waals surface area contributed by atoms with E-state index >= 15 is 0 Å². The predicted molar refractivity (Wildman–Crippen MR) is 52.4 cm³/mol. The molecule has 2 nitrogen and oxygen atoms in total. The maximum Gasteiger partial charge on any atom is 2.00 e. The summed E-state index contributed by atoms with van der Waals surface area (Å²) >= 11 is 8.82. The van der Waals surface area contributed by atoms with Gasteiger partial charge in [0.2, 0.25) is 0 Å². The molecule has 0 rings (SSSR count). The summed E-state index contributed by atoms with van der Waals surface area (Å²) in [5, 5.41) is 0. The fraction of sp³-hybridized carbons (Fsp3) is 1.00. The number of rotatable bonds is 6. The molecule has 0 aliphatic heterocycles. The molecule has 68 valence electrons. The molecule has 0 aromatic carbocycles. The van der Waals surface area contributed by atoms with Gasteiger partial charge in [-0.1, -0.05) is 26.2 Å². The topological polar surface area (TPSA) is 26.3 Å². The zero-order chi connectivity index (χ0) is 8.74. The van der Waals surface area contributed by atoms with Gasteiger partial charge in [0.15, 0.2) is 0 Å². The van der Waals surface area contributed by atoms with Crippen LogP contribution in [0.1, 0.15) is 32.6 Å². The van der Waals surface area contributed by atoms with Crippen LogP contribution in [0.25, 0.3) is 0 Å². The van der Waals surface area contributed by atoms with E-state index < -0.39 is 5.77 Å². The van der Waals surface area contributed by atoms with Gasteiger partial charge >= 0.3 is 19.5 Å². The van der Waals surface area contributed by atoms with Crippen LogP contribution in [0.2, 0.25) is 0 Å². The zero-order valence-electron chi connectivity index (χ0n) is 7.32. The third-order valence-electron chi connectivity index (χ3n) is 1.25. The molecule has 0 saturated carbocycles. The third-order valence-corrected chi connectivity index (χ3v) is 2.38. The molecule has 0 N–H and O–H groups in total. The molecule has 0 atom stereocenters. The number of unbranched alkanes of at least 4 members (excludes halogenated alkanes) is 3. The van der Waals surface area contributed by atoms with Gasteiger partial charge in [0.25, 0.3) is 0 Å². The average molecular weight is 278 g/mol. The second-order valence-corrected chi connectivity index (χ2v) is 7.07. The van der Waals surface area contributed by atoms with Gasteiger partial charge in [-0.05, 0) is 12.2 Å². The van der Waals surface area contributed by atoms with Crippen molar-refractivity contribution >= 4 is 30.3 Å². The van der Waals surface area contributed by atoms with E-state index in [2.05, 4.69) is 31.4 Å². The van der Waals surface area contributed by atoms with Crippen LogP contribution < -0.4 is 0 Å². The van der Waals surface area contributed by atoms with Gasteiger partial charge in [0.1, 0.15) is 0 Å². The smallest absolute Gasteiger partial charge is 0.714 e. The minimum Gasteiger partial charge on any atom is -0.714 e. The maximum atomic E-state index is 10.7. The quantitative estimate of drug-likeness (QED) is 0.323. The van der Waals surface area contributed by atoms with Crippen molar-refractivity contribution in [3.8, 4) is 0 Å². The van der Waals surface area contributed by atoms with Gasteiger partial charge in [0, 0.05) is 6.61 Å². The molecular formula is C6H13O2PS2Zn. The Hall–Kier alpha value is 1.51. The minimum absolute atomic E-state index is 0. The molecule has 0 fully saturated rings. The Balaban J connectivity index is 0. The summed E-state index contributed by atoms with van der Waals surface area (Å²) in [6, 6.07) is 0. The second kappa shape index (κ2) is 9.08. The Kier molecular flexibility index (Phi) is 12.1. The Morgan fingerprint density at radius 1 is 1.25 bits per heavy atom. The SMILES string of the molecule is CCCCCCOP(=O)([S-])[S-].[Zn+2]. The zero-order valence-corrected chi connectivity index (χ0v) is 12.8. The van der Waals surface area contributed by atoms with Crippen molar-refractivity contribution in [2.24, 2.45) is 0 Å². The molecule has 0 heterocycles. The number of hydrogen-bond donors (Lipinski definition) is 0. The van der Waals surface area contributed by atoms with E-state index in [0.29, 0.717) is 6.61 Å². The first-order chi connectivity index (χ1) is 5.06. The van der Waals surface area contributed by atoms with Crippen LogP contribution in [-0.2, 0) is 53.1 Å². The summed E-state index contributed by atoms with van der Waals surface area (Å²) in [6.45, 7) is 2.58. The van der Waals surface area contributed by atoms with Crippen molar-refractivity contribution in [2.75, 3.05) is 6.61 Å². The van der Waals surface area contributed by atoms with Crippen molar-refractivity contribution in [2.45, 2.75) is 32.6 Å². The summed E-state index contributed by atoms with van der Waals surface area (Å²) in [6.07, 6.45) is 4.37. The van der Waals surface area contributed by atoms with Crippen molar-refractivity contribution in [3.05, 3.63) is 0 Å².